The molecule has 45 heavy (non-hydrogen) atoms. The summed E-state index contributed by atoms with van der Waals surface area (Å²) in [6.45, 7) is 9.75. The molecule has 0 spiro atoms. The quantitative estimate of drug-likeness (QED) is 0.435. The van der Waals surface area contributed by atoms with Gasteiger partial charge in [-0.15, -0.1) is 0 Å². The summed E-state index contributed by atoms with van der Waals surface area (Å²) in [5.41, 5.74) is 1.60. The highest BCUT2D eigenvalue weighted by molar-refractivity contribution is 5.94. The molecule has 0 aliphatic carbocycles. The van der Waals surface area contributed by atoms with Crippen molar-refractivity contribution in [2.75, 3.05) is 39.8 Å². The van der Waals surface area contributed by atoms with Gasteiger partial charge in [-0.1, -0.05) is 6.92 Å². The van der Waals surface area contributed by atoms with Crippen molar-refractivity contribution in [1.29, 1.82) is 0 Å². The minimum absolute atomic E-state index is 0.0262. The Hall–Kier alpha value is -4.28. The second-order valence-corrected chi connectivity index (χ2v) is 13.5. The smallest absolute Gasteiger partial charge is 0.289 e. The Kier molecular flexibility index (Phi) is 7.91. The molecule has 2 aromatic heterocycles. The molecule has 1 aromatic carbocycles. The van der Waals surface area contributed by atoms with Crippen molar-refractivity contribution < 1.29 is 28.3 Å². The van der Waals surface area contributed by atoms with Gasteiger partial charge >= 0.3 is 0 Å². The van der Waals surface area contributed by atoms with E-state index in [1.807, 2.05) is 55.7 Å². The molecule has 3 atom stereocenters. The molecule has 3 aliphatic rings. The Balaban J connectivity index is 1.36. The van der Waals surface area contributed by atoms with Crippen LogP contribution in [0.2, 0.25) is 0 Å². The molecule has 0 saturated carbocycles. The number of furan rings is 1. The number of aromatic amines is 1. The van der Waals surface area contributed by atoms with Crippen molar-refractivity contribution >= 4 is 34.5 Å². The third-order valence-corrected chi connectivity index (χ3v) is 9.72. The number of carbonyl (C=O) groups excluding carboxylic acids is 4. The Bertz CT molecular complexity index is 1610. The number of piperazine rings is 1. The number of fused-ring (bicyclic) bond motifs is 5. The lowest BCUT2D eigenvalue weighted by atomic mass is 9.65. The number of ether oxygens (including phenoxy) is 1. The van der Waals surface area contributed by atoms with Crippen LogP contribution in [0.4, 0.5) is 0 Å². The third-order valence-electron chi connectivity index (χ3n) is 9.72. The summed E-state index contributed by atoms with van der Waals surface area (Å²) in [5, 5.41) is 4.03. The number of rotatable bonds is 6. The maximum Gasteiger partial charge on any atom is 0.289 e. The van der Waals surface area contributed by atoms with Crippen LogP contribution in [0.3, 0.4) is 0 Å². The van der Waals surface area contributed by atoms with Gasteiger partial charge in [0.2, 0.25) is 17.7 Å². The molecule has 240 valence electrons. The number of methoxy groups -OCH3 is 1. The maximum atomic E-state index is 14.7. The molecule has 2 saturated heterocycles. The number of hydrogen-bond acceptors (Lipinski definition) is 6. The SMILES string of the molecule is CC[C@]12c3[nH]c4ccc(OC)cc4c3CCN1C(=O)C(CC(=O)NC(C)(C)C)C[C@@H]2C(=O)N1CCN(C(=O)c2ccco2)CC1. The summed E-state index contributed by atoms with van der Waals surface area (Å²) in [6, 6.07) is 9.23. The van der Waals surface area contributed by atoms with Gasteiger partial charge in [0.05, 0.1) is 24.8 Å². The van der Waals surface area contributed by atoms with Gasteiger partial charge in [0.1, 0.15) is 5.75 Å². The number of nitrogens with zero attached hydrogens (tertiary/aromatic N) is 3. The Morgan fingerprint density at radius 2 is 1.82 bits per heavy atom. The topological polar surface area (TPSA) is 128 Å². The van der Waals surface area contributed by atoms with Crippen molar-refractivity contribution in [3.8, 4) is 5.75 Å². The first-order chi connectivity index (χ1) is 21.5. The third kappa shape index (κ3) is 5.36. The minimum Gasteiger partial charge on any atom is -0.497 e. The van der Waals surface area contributed by atoms with Crippen LogP contribution in [0.25, 0.3) is 10.9 Å². The number of H-pyrrole nitrogens is 1. The zero-order chi connectivity index (χ0) is 32.1. The number of amides is 4. The van der Waals surface area contributed by atoms with Crippen LogP contribution in [-0.4, -0.2) is 88.7 Å². The normalized spacial score (nSPS) is 23.5. The zero-order valence-electron chi connectivity index (χ0n) is 26.8. The van der Waals surface area contributed by atoms with Crippen LogP contribution in [0.5, 0.6) is 5.75 Å². The van der Waals surface area contributed by atoms with Gasteiger partial charge in [0.25, 0.3) is 5.91 Å². The van der Waals surface area contributed by atoms with Crippen molar-refractivity contribution in [2.24, 2.45) is 11.8 Å². The van der Waals surface area contributed by atoms with E-state index in [0.29, 0.717) is 45.6 Å². The molecule has 11 heteroatoms. The zero-order valence-corrected chi connectivity index (χ0v) is 26.8. The van der Waals surface area contributed by atoms with E-state index in [2.05, 4.69) is 10.3 Å². The van der Waals surface area contributed by atoms with Gasteiger partial charge < -0.3 is 34.2 Å². The van der Waals surface area contributed by atoms with Crippen LogP contribution in [0, 0.1) is 11.8 Å². The first-order valence-corrected chi connectivity index (χ1v) is 15.9. The summed E-state index contributed by atoms with van der Waals surface area (Å²) in [4.78, 5) is 64.0. The van der Waals surface area contributed by atoms with Crippen molar-refractivity contribution in [3.05, 3.63) is 53.6 Å². The largest absolute Gasteiger partial charge is 0.497 e. The van der Waals surface area contributed by atoms with Crippen LogP contribution in [0.1, 0.15) is 68.8 Å². The van der Waals surface area contributed by atoms with E-state index in [1.54, 1.807) is 24.1 Å². The fourth-order valence-corrected chi connectivity index (χ4v) is 7.70. The monoisotopic (exact) mass is 617 g/mol. The van der Waals surface area contributed by atoms with Crippen LogP contribution in [-0.2, 0) is 26.3 Å². The number of aromatic nitrogens is 1. The molecule has 6 rings (SSSR count). The Morgan fingerprint density at radius 3 is 2.47 bits per heavy atom. The van der Waals surface area contributed by atoms with E-state index in [1.165, 1.54) is 6.26 Å². The molecule has 0 radical (unpaired) electrons. The molecule has 5 heterocycles. The summed E-state index contributed by atoms with van der Waals surface area (Å²) in [5.74, 6) is -0.689. The molecular formula is C34H43N5O6. The predicted octanol–water partition coefficient (Wildman–Crippen LogP) is 3.69. The minimum atomic E-state index is -0.897. The highest BCUT2D eigenvalue weighted by Crippen LogP contribution is 2.52. The lowest BCUT2D eigenvalue weighted by Gasteiger charge is -2.56. The molecule has 0 bridgehead atoms. The molecule has 2 N–H and O–H groups in total. The first-order valence-electron chi connectivity index (χ1n) is 15.9. The number of nitrogens with one attached hydrogen (secondary N) is 2. The summed E-state index contributed by atoms with van der Waals surface area (Å²) in [7, 11) is 1.64. The molecule has 1 unspecified atom stereocenters. The number of hydrogen-bond donors (Lipinski definition) is 2. The maximum absolute atomic E-state index is 14.7. The van der Waals surface area contributed by atoms with E-state index in [-0.39, 0.29) is 42.2 Å². The van der Waals surface area contributed by atoms with Crippen LogP contribution >= 0.6 is 0 Å². The second kappa shape index (κ2) is 11.6. The Morgan fingerprint density at radius 1 is 1.09 bits per heavy atom. The molecule has 3 aromatic rings. The average Bonchev–Trinajstić information content (AvgIpc) is 3.69. The predicted molar refractivity (Wildman–Crippen MR) is 168 cm³/mol. The number of carbonyl (C=O) groups is 4. The Labute approximate surface area is 263 Å². The van der Waals surface area contributed by atoms with Gasteiger partial charge in [-0.05, 0) is 75.9 Å². The van der Waals surface area contributed by atoms with E-state index < -0.39 is 22.9 Å². The highest BCUT2D eigenvalue weighted by Gasteiger charge is 2.59. The average molecular weight is 618 g/mol. The van der Waals surface area contributed by atoms with E-state index in [4.69, 9.17) is 9.15 Å². The van der Waals surface area contributed by atoms with Gasteiger partial charge in [-0.2, -0.15) is 0 Å². The summed E-state index contributed by atoms with van der Waals surface area (Å²) >= 11 is 0. The fourth-order valence-electron chi connectivity index (χ4n) is 7.70. The fraction of sp³-hybridized carbons (Fsp3) is 0.529. The van der Waals surface area contributed by atoms with Crippen molar-refractivity contribution in [3.63, 3.8) is 0 Å². The highest BCUT2D eigenvalue weighted by atomic mass is 16.5. The lowest BCUT2D eigenvalue weighted by Crippen LogP contribution is -2.66. The van der Waals surface area contributed by atoms with Gasteiger partial charge in [0, 0.05) is 67.2 Å². The second-order valence-electron chi connectivity index (χ2n) is 13.5. The standard InChI is InChI=1S/C34H43N5O6/c1-6-34-25(31(42)37-13-15-38(16-14-37)32(43)27-8-7-17-45-27)18-21(19-28(40)36-33(2,3)4)30(41)39(34)12-11-23-24-20-22(44-5)9-10-26(24)35-29(23)34/h7-10,17,20-21,25,35H,6,11-16,18-19H2,1-5H3,(H,36,40)/t21?,25-,34+/m1/s1. The van der Waals surface area contributed by atoms with E-state index in [9.17, 15) is 19.2 Å². The van der Waals surface area contributed by atoms with E-state index in [0.717, 1.165) is 27.9 Å². The lowest BCUT2D eigenvalue weighted by molar-refractivity contribution is -0.167. The molecule has 2 fully saturated rings. The van der Waals surface area contributed by atoms with Crippen molar-refractivity contribution in [1.82, 2.24) is 25.0 Å². The van der Waals surface area contributed by atoms with Crippen LogP contribution in [0.15, 0.2) is 41.0 Å². The van der Waals surface area contributed by atoms with Crippen molar-refractivity contribution in [2.45, 2.75) is 64.5 Å². The number of piperidine rings is 1. The molecule has 4 amide bonds. The molecule has 3 aliphatic heterocycles. The van der Waals surface area contributed by atoms with Gasteiger partial charge in [-0.25, -0.2) is 0 Å². The van der Waals surface area contributed by atoms with E-state index >= 15 is 0 Å². The van der Waals surface area contributed by atoms with Gasteiger partial charge in [-0.3, -0.25) is 19.2 Å². The first kappa shape index (κ1) is 30.7. The van der Waals surface area contributed by atoms with Gasteiger partial charge in [0.15, 0.2) is 5.76 Å². The summed E-state index contributed by atoms with van der Waals surface area (Å²) < 4.78 is 10.8. The molecular weight excluding hydrogens is 574 g/mol. The summed E-state index contributed by atoms with van der Waals surface area (Å²) in [6.07, 6.45) is 2.93. The van der Waals surface area contributed by atoms with Crippen LogP contribution < -0.4 is 10.1 Å². The number of benzene rings is 1. The molecule has 11 nitrogen and oxygen atoms in total.